The van der Waals surface area contributed by atoms with Crippen molar-refractivity contribution < 1.29 is 34.8 Å². The number of ether oxygens (including phenoxy) is 1. The van der Waals surface area contributed by atoms with E-state index in [1.807, 2.05) is 0 Å². The third kappa shape index (κ3) is 3.95. The van der Waals surface area contributed by atoms with Crippen LogP contribution in [0.3, 0.4) is 0 Å². The van der Waals surface area contributed by atoms with Crippen molar-refractivity contribution in [1.82, 2.24) is 0 Å². The Labute approximate surface area is 92.3 Å². The molecular weight excluding hydrogens is 220 g/mol. The molecule has 94 valence electrons. The minimum Gasteiger partial charge on any atom is -0.388 e. The highest BCUT2D eigenvalue weighted by molar-refractivity contribution is 6.38. The van der Waals surface area contributed by atoms with E-state index in [0.717, 1.165) is 6.92 Å². The zero-order valence-corrected chi connectivity index (χ0v) is 9.03. The van der Waals surface area contributed by atoms with Crippen molar-refractivity contribution in [2.45, 2.75) is 31.3 Å². The van der Waals surface area contributed by atoms with E-state index in [2.05, 4.69) is 4.74 Å². The standard InChI is InChI=1S/C9H16O7/c1-4(10)6(12)8(14)9(15)7(13)5(11)3-16-2/h5,7-9,11,13-15H,3H2,1-2H3/t5-,7-,8+,9+/m1/s1. The van der Waals surface area contributed by atoms with Crippen LogP contribution in [-0.4, -0.2) is 70.1 Å². The van der Waals surface area contributed by atoms with E-state index in [9.17, 15) is 30.0 Å². The Morgan fingerprint density at radius 1 is 1.12 bits per heavy atom. The summed E-state index contributed by atoms with van der Waals surface area (Å²) in [6, 6.07) is 0. The number of rotatable bonds is 7. The molecule has 0 fully saturated rings. The van der Waals surface area contributed by atoms with Crippen LogP contribution in [0, 0.1) is 0 Å². The van der Waals surface area contributed by atoms with E-state index in [1.54, 1.807) is 0 Å². The van der Waals surface area contributed by atoms with Crippen molar-refractivity contribution in [2.24, 2.45) is 0 Å². The first-order chi connectivity index (χ1) is 7.32. The van der Waals surface area contributed by atoms with Crippen LogP contribution in [0.1, 0.15) is 6.92 Å². The van der Waals surface area contributed by atoms with Gasteiger partial charge >= 0.3 is 0 Å². The Morgan fingerprint density at radius 3 is 2.00 bits per heavy atom. The van der Waals surface area contributed by atoms with E-state index in [4.69, 9.17) is 0 Å². The van der Waals surface area contributed by atoms with Gasteiger partial charge in [0.05, 0.1) is 6.61 Å². The maximum atomic E-state index is 11.0. The third-order valence-corrected chi connectivity index (χ3v) is 2.02. The quantitative estimate of drug-likeness (QED) is 0.353. The van der Waals surface area contributed by atoms with Gasteiger partial charge in [-0.2, -0.15) is 0 Å². The summed E-state index contributed by atoms with van der Waals surface area (Å²) in [5.41, 5.74) is 0. The number of hydrogen-bond donors (Lipinski definition) is 4. The molecule has 7 heteroatoms. The molecule has 0 aromatic heterocycles. The smallest absolute Gasteiger partial charge is 0.229 e. The van der Waals surface area contributed by atoms with Gasteiger partial charge in [-0.3, -0.25) is 9.59 Å². The van der Waals surface area contributed by atoms with Crippen molar-refractivity contribution in [1.29, 1.82) is 0 Å². The minimum atomic E-state index is -2.06. The van der Waals surface area contributed by atoms with Crippen LogP contribution < -0.4 is 0 Å². The first-order valence-corrected chi connectivity index (χ1v) is 4.58. The number of aliphatic hydroxyl groups excluding tert-OH is 4. The maximum absolute atomic E-state index is 11.0. The van der Waals surface area contributed by atoms with Gasteiger partial charge in [0, 0.05) is 14.0 Å². The molecule has 7 nitrogen and oxygen atoms in total. The summed E-state index contributed by atoms with van der Waals surface area (Å²) in [6.07, 6.45) is -7.24. The number of Topliss-reactive ketones (excluding diaryl/α,β-unsaturated/α-hetero) is 2. The van der Waals surface area contributed by atoms with Crippen molar-refractivity contribution in [3.63, 3.8) is 0 Å². The molecular formula is C9H16O7. The summed E-state index contributed by atoms with van der Waals surface area (Å²) in [7, 11) is 1.26. The van der Waals surface area contributed by atoms with Gasteiger partial charge in [-0.05, 0) is 0 Å². The van der Waals surface area contributed by atoms with Crippen LogP contribution in [0.2, 0.25) is 0 Å². The molecule has 0 aliphatic rings. The summed E-state index contributed by atoms with van der Waals surface area (Å²) >= 11 is 0. The van der Waals surface area contributed by atoms with Crippen LogP contribution in [-0.2, 0) is 14.3 Å². The number of carbonyl (C=O) groups excluding carboxylic acids is 2. The fourth-order valence-corrected chi connectivity index (χ4v) is 1.05. The van der Waals surface area contributed by atoms with E-state index < -0.39 is 36.0 Å². The van der Waals surface area contributed by atoms with Gasteiger partial charge < -0.3 is 25.2 Å². The Balaban J connectivity index is 4.47. The second-order valence-electron chi connectivity index (χ2n) is 3.37. The van der Waals surface area contributed by atoms with Crippen molar-refractivity contribution >= 4 is 11.6 Å². The minimum absolute atomic E-state index is 0.279. The molecule has 0 saturated heterocycles. The zero-order valence-electron chi connectivity index (χ0n) is 9.03. The summed E-state index contributed by atoms with van der Waals surface area (Å²) in [5.74, 6) is -2.17. The molecule has 0 aromatic rings. The highest BCUT2D eigenvalue weighted by Gasteiger charge is 2.35. The Morgan fingerprint density at radius 2 is 1.62 bits per heavy atom. The average molecular weight is 236 g/mol. The SMILES string of the molecule is COC[C@@H](O)[C@@H](O)[C@H](O)[C@@H](O)C(=O)C(C)=O. The van der Waals surface area contributed by atoms with Crippen LogP contribution in [0.5, 0.6) is 0 Å². The van der Waals surface area contributed by atoms with Crippen LogP contribution in [0.25, 0.3) is 0 Å². The molecule has 0 aliphatic heterocycles. The highest BCUT2D eigenvalue weighted by atomic mass is 16.5. The molecule has 4 N–H and O–H groups in total. The lowest BCUT2D eigenvalue weighted by atomic mass is 9.99. The third-order valence-electron chi connectivity index (χ3n) is 2.02. The van der Waals surface area contributed by atoms with E-state index in [1.165, 1.54) is 7.11 Å². The summed E-state index contributed by atoms with van der Waals surface area (Å²) < 4.78 is 4.51. The van der Waals surface area contributed by atoms with E-state index in [-0.39, 0.29) is 6.61 Å². The predicted octanol–water partition coefficient (Wildman–Crippen LogP) is -2.77. The predicted molar refractivity (Wildman–Crippen MR) is 51.6 cm³/mol. The number of aliphatic hydroxyl groups is 4. The lowest BCUT2D eigenvalue weighted by molar-refractivity contribution is -0.153. The van der Waals surface area contributed by atoms with Gasteiger partial charge in [0.1, 0.15) is 24.4 Å². The van der Waals surface area contributed by atoms with Crippen LogP contribution in [0.4, 0.5) is 0 Å². The van der Waals surface area contributed by atoms with Gasteiger partial charge in [-0.15, -0.1) is 0 Å². The molecule has 0 amide bonds. The molecule has 0 bridgehead atoms. The molecule has 0 rings (SSSR count). The largest absolute Gasteiger partial charge is 0.388 e. The lowest BCUT2D eigenvalue weighted by Gasteiger charge is -2.24. The normalized spacial score (nSPS) is 18.6. The number of carbonyl (C=O) groups is 2. The molecule has 0 aliphatic carbocycles. The molecule has 0 unspecified atom stereocenters. The van der Waals surface area contributed by atoms with Crippen molar-refractivity contribution in [3.05, 3.63) is 0 Å². The Kier molecular flexibility index (Phi) is 6.31. The monoisotopic (exact) mass is 236 g/mol. The second kappa shape index (κ2) is 6.66. The number of methoxy groups -OCH3 is 1. The molecule has 4 atom stereocenters. The fraction of sp³-hybridized carbons (Fsp3) is 0.778. The average Bonchev–Trinajstić information content (AvgIpc) is 2.25. The van der Waals surface area contributed by atoms with Crippen LogP contribution >= 0.6 is 0 Å². The topological polar surface area (TPSA) is 124 Å². The Hall–Kier alpha value is -0.860. The van der Waals surface area contributed by atoms with Gasteiger partial charge in [0.2, 0.25) is 5.78 Å². The fourth-order valence-electron chi connectivity index (χ4n) is 1.05. The number of ketones is 2. The van der Waals surface area contributed by atoms with Gasteiger partial charge in [-0.25, -0.2) is 0 Å². The molecule has 0 saturated carbocycles. The number of hydrogen-bond acceptors (Lipinski definition) is 7. The molecule has 0 aromatic carbocycles. The summed E-state index contributed by atoms with van der Waals surface area (Å²) in [5, 5.41) is 37.1. The Bertz CT molecular complexity index is 252. The van der Waals surface area contributed by atoms with E-state index >= 15 is 0 Å². The van der Waals surface area contributed by atoms with Gasteiger partial charge in [0.25, 0.3) is 0 Å². The maximum Gasteiger partial charge on any atom is 0.229 e. The van der Waals surface area contributed by atoms with Crippen LogP contribution in [0.15, 0.2) is 0 Å². The van der Waals surface area contributed by atoms with E-state index in [0.29, 0.717) is 0 Å². The molecule has 0 spiro atoms. The van der Waals surface area contributed by atoms with Gasteiger partial charge in [-0.1, -0.05) is 0 Å². The first kappa shape index (κ1) is 15.1. The van der Waals surface area contributed by atoms with Crippen molar-refractivity contribution in [3.8, 4) is 0 Å². The van der Waals surface area contributed by atoms with Crippen molar-refractivity contribution in [2.75, 3.05) is 13.7 Å². The lowest BCUT2D eigenvalue weighted by Crippen LogP contribution is -2.50. The van der Waals surface area contributed by atoms with Gasteiger partial charge in [0.15, 0.2) is 5.78 Å². The zero-order chi connectivity index (χ0) is 12.9. The molecule has 0 radical (unpaired) electrons. The second-order valence-corrected chi connectivity index (χ2v) is 3.37. The summed E-state index contributed by atoms with van der Waals surface area (Å²) in [6.45, 7) is 0.648. The first-order valence-electron chi connectivity index (χ1n) is 4.58. The highest BCUT2D eigenvalue weighted by Crippen LogP contribution is 2.07. The molecule has 0 heterocycles. The summed E-state index contributed by atoms with van der Waals surface area (Å²) in [4.78, 5) is 21.6. The molecule has 16 heavy (non-hydrogen) atoms.